The fraction of sp³-hybridized carbons (Fsp3) is 0.391. The highest BCUT2D eigenvalue weighted by Crippen LogP contribution is 2.40. The second-order valence-electron chi connectivity index (χ2n) is 8.75. The molecule has 0 fully saturated rings. The SMILES string of the molecule is COc1ccccc1Oc1c(Cl)nc(-c2ncccn2)nc1OCCO[Si](C)(C)C(C)(C)C. The average molecular weight is 489 g/mol. The highest BCUT2D eigenvalue weighted by Gasteiger charge is 2.37. The maximum absolute atomic E-state index is 6.50. The number of hydrogen-bond donors (Lipinski definition) is 0. The molecule has 0 unspecified atom stereocenters. The minimum Gasteiger partial charge on any atom is -0.493 e. The van der Waals surface area contributed by atoms with Crippen molar-refractivity contribution >= 4 is 19.9 Å². The summed E-state index contributed by atoms with van der Waals surface area (Å²) in [6, 6.07) is 8.92. The van der Waals surface area contributed by atoms with Crippen molar-refractivity contribution < 1.29 is 18.6 Å². The van der Waals surface area contributed by atoms with E-state index in [0.29, 0.717) is 23.9 Å². The summed E-state index contributed by atoms with van der Waals surface area (Å²) in [5, 5.41) is 0.167. The van der Waals surface area contributed by atoms with Crippen molar-refractivity contribution in [3.8, 4) is 34.8 Å². The summed E-state index contributed by atoms with van der Waals surface area (Å²) in [4.78, 5) is 17.2. The molecule has 3 aromatic rings. The van der Waals surface area contributed by atoms with Crippen LogP contribution in [0.5, 0.6) is 23.1 Å². The number of hydrogen-bond acceptors (Lipinski definition) is 8. The van der Waals surface area contributed by atoms with Gasteiger partial charge >= 0.3 is 0 Å². The third kappa shape index (κ3) is 6.19. The van der Waals surface area contributed by atoms with Crippen molar-refractivity contribution in [3.05, 3.63) is 47.9 Å². The van der Waals surface area contributed by atoms with Crippen molar-refractivity contribution in [3.63, 3.8) is 0 Å². The molecular weight excluding hydrogens is 460 g/mol. The number of aromatic nitrogens is 4. The molecule has 0 amide bonds. The third-order valence-corrected chi connectivity index (χ3v) is 10.2. The van der Waals surface area contributed by atoms with E-state index in [-0.39, 0.29) is 34.3 Å². The van der Waals surface area contributed by atoms with E-state index in [9.17, 15) is 0 Å². The van der Waals surface area contributed by atoms with E-state index in [1.807, 2.05) is 12.1 Å². The topological polar surface area (TPSA) is 88.5 Å². The third-order valence-electron chi connectivity index (χ3n) is 5.43. The van der Waals surface area contributed by atoms with Gasteiger partial charge in [0.25, 0.3) is 5.88 Å². The van der Waals surface area contributed by atoms with Crippen LogP contribution in [0.1, 0.15) is 20.8 Å². The minimum atomic E-state index is -1.91. The van der Waals surface area contributed by atoms with Gasteiger partial charge in [0.1, 0.15) is 6.61 Å². The molecule has 1 aromatic carbocycles. The summed E-state index contributed by atoms with van der Waals surface area (Å²) >= 11 is 6.50. The molecule has 10 heteroatoms. The minimum absolute atomic E-state index is 0.0682. The first-order valence-electron chi connectivity index (χ1n) is 10.5. The number of ether oxygens (including phenoxy) is 3. The second kappa shape index (κ2) is 10.5. The molecular formula is C23H29ClN4O4Si. The zero-order chi connectivity index (χ0) is 24.1. The first-order chi connectivity index (χ1) is 15.6. The summed E-state index contributed by atoms with van der Waals surface area (Å²) in [7, 11) is -0.350. The summed E-state index contributed by atoms with van der Waals surface area (Å²) < 4.78 is 23.6. The van der Waals surface area contributed by atoms with E-state index < -0.39 is 8.32 Å². The Morgan fingerprint density at radius 2 is 1.58 bits per heavy atom. The lowest BCUT2D eigenvalue weighted by Gasteiger charge is -2.36. The maximum Gasteiger partial charge on any atom is 0.263 e. The first kappa shape index (κ1) is 24.9. The van der Waals surface area contributed by atoms with Crippen LogP contribution in [-0.4, -0.2) is 48.6 Å². The van der Waals surface area contributed by atoms with Gasteiger partial charge in [-0.25, -0.2) is 15.0 Å². The van der Waals surface area contributed by atoms with Crippen molar-refractivity contribution in [1.82, 2.24) is 19.9 Å². The fourth-order valence-corrected chi connectivity index (χ4v) is 3.79. The average Bonchev–Trinajstić information content (AvgIpc) is 2.78. The van der Waals surface area contributed by atoms with Crippen LogP contribution in [-0.2, 0) is 4.43 Å². The lowest BCUT2D eigenvalue weighted by atomic mass is 10.2. The molecule has 2 heterocycles. The van der Waals surface area contributed by atoms with Gasteiger partial charge in [-0.05, 0) is 36.3 Å². The maximum atomic E-state index is 6.50. The van der Waals surface area contributed by atoms with Gasteiger partial charge in [0.15, 0.2) is 30.8 Å². The molecule has 0 bridgehead atoms. The van der Waals surface area contributed by atoms with E-state index in [4.69, 9.17) is 30.2 Å². The quantitative estimate of drug-likeness (QED) is 0.212. The van der Waals surface area contributed by atoms with Crippen LogP contribution in [0, 0.1) is 0 Å². The highest BCUT2D eigenvalue weighted by molar-refractivity contribution is 6.74. The zero-order valence-electron chi connectivity index (χ0n) is 19.8. The predicted octanol–water partition coefficient (Wildman–Crippen LogP) is 5.79. The Morgan fingerprint density at radius 3 is 2.21 bits per heavy atom. The number of methoxy groups -OCH3 is 1. The van der Waals surface area contributed by atoms with E-state index in [0.717, 1.165) is 0 Å². The normalized spacial score (nSPS) is 11.8. The molecule has 2 aromatic heterocycles. The number of halogens is 1. The Morgan fingerprint density at radius 1 is 0.909 bits per heavy atom. The molecule has 0 aliphatic carbocycles. The Kier molecular flexibility index (Phi) is 7.88. The van der Waals surface area contributed by atoms with Gasteiger partial charge < -0.3 is 18.6 Å². The van der Waals surface area contributed by atoms with Crippen LogP contribution in [0.2, 0.25) is 23.3 Å². The molecule has 0 aliphatic rings. The van der Waals surface area contributed by atoms with E-state index >= 15 is 0 Å². The monoisotopic (exact) mass is 488 g/mol. The van der Waals surface area contributed by atoms with Crippen LogP contribution in [0.3, 0.4) is 0 Å². The number of para-hydroxylation sites is 2. The van der Waals surface area contributed by atoms with Gasteiger partial charge in [0.2, 0.25) is 11.6 Å². The zero-order valence-corrected chi connectivity index (χ0v) is 21.5. The Balaban J connectivity index is 1.88. The Labute approximate surface area is 200 Å². The van der Waals surface area contributed by atoms with E-state index in [1.54, 1.807) is 37.7 Å². The molecule has 3 rings (SSSR count). The summed E-state index contributed by atoms with van der Waals surface area (Å²) in [6.45, 7) is 11.6. The summed E-state index contributed by atoms with van der Waals surface area (Å²) in [5.74, 6) is 1.89. The molecule has 0 atom stereocenters. The number of nitrogens with zero attached hydrogens (tertiary/aromatic N) is 4. The van der Waals surface area contributed by atoms with E-state index in [2.05, 4.69) is 53.8 Å². The van der Waals surface area contributed by atoms with Gasteiger partial charge in [-0.15, -0.1) is 0 Å². The molecule has 0 saturated heterocycles. The van der Waals surface area contributed by atoms with Gasteiger partial charge in [-0.1, -0.05) is 44.5 Å². The molecule has 0 spiro atoms. The van der Waals surface area contributed by atoms with Crippen LogP contribution in [0.4, 0.5) is 0 Å². The molecule has 8 nitrogen and oxygen atoms in total. The van der Waals surface area contributed by atoms with Crippen LogP contribution >= 0.6 is 11.6 Å². The van der Waals surface area contributed by atoms with Crippen molar-refractivity contribution in [2.24, 2.45) is 0 Å². The molecule has 0 N–H and O–H groups in total. The lowest BCUT2D eigenvalue weighted by Crippen LogP contribution is -2.41. The van der Waals surface area contributed by atoms with Crippen molar-refractivity contribution in [2.45, 2.75) is 38.9 Å². The van der Waals surface area contributed by atoms with E-state index in [1.165, 1.54) is 0 Å². The lowest BCUT2D eigenvalue weighted by molar-refractivity contribution is 0.194. The highest BCUT2D eigenvalue weighted by atomic mass is 35.5. The van der Waals surface area contributed by atoms with Gasteiger partial charge in [-0.3, -0.25) is 0 Å². The predicted molar refractivity (Wildman–Crippen MR) is 130 cm³/mol. The number of rotatable bonds is 9. The smallest absolute Gasteiger partial charge is 0.263 e. The van der Waals surface area contributed by atoms with Crippen LogP contribution < -0.4 is 14.2 Å². The molecule has 0 radical (unpaired) electrons. The molecule has 33 heavy (non-hydrogen) atoms. The van der Waals surface area contributed by atoms with Crippen molar-refractivity contribution in [1.29, 1.82) is 0 Å². The molecule has 176 valence electrons. The van der Waals surface area contributed by atoms with Crippen molar-refractivity contribution in [2.75, 3.05) is 20.3 Å². The standard InChI is InChI=1S/C23H29ClN4O4Si/c1-23(2,3)33(5,6)31-15-14-30-22-18(32-17-11-8-7-10-16(17)29-4)19(24)27-21(28-22)20-25-12-9-13-26-20/h7-13H,14-15H2,1-6H3. The van der Waals surface area contributed by atoms with Crippen LogP contribution in [0.25, 0.3) is 11.6 Å². The second-order valence-corrected chi connectivity index (χ2v) is 13.9. The van der Waals surface area contributed by atoms with Gasteiger partial charge in [-0.2, -0.15) is 4.98 Å². The van der Waals surface area contributed by atoms with Crippen LogP contribution in [0.15, 0.2) is 42.7 Å². The summed E-state index contributed by atoms with van der Waals surface area (Å²) in [5.41, 5.74) is 0. The van der Waals surface area contributed by atoms with Gasteiger partial charge in [0.05, 0.1) is 13.7 Å². The number of benzene rings is 1. The largest absolute Gasteiger partial charge is 0.493 e. The molecule has 0 aliphatic heterocycles. The fourth-order valence-electron chi connectivity index (χ4n) is 2.57. The van der Waals surface area contributed by atoms with Gasteiger partial charge in [0, 0.05) is 12.4 Å². The summed E-state index contributed by atoms with van der Waals surface area (Å²) in [6.07, 6.45) is 3.21. The Hall–Kier alpha value is -2.75. The first-order valence-corrected chi connectivity index (χ1v) is 13.8. The Bertz CT molecular complexity index is 1080. The molecule has 0 saturated carbocycles.